The minimum absolute atomic E-state index is 0.150. The molecule has 3 aromatic rings. The van der Waals surface area contributed by atoms with Crippen LogP contribution in [-0.4, -0.2) is 19.0 Å². The first kappa shape index (κ1) is 20.6. The number of halogens is 2. The third-order valence-corrected chi connectivity index (χ3v) is 4.77. The number of hydrogen-bond acceptors (Lipinski definition) is 5. The number of ether oxygens (including phenoxy) is 3. The van der Waals surface area contributed by atoms with E-state index in [1.807, 2.05) is 30.3 Å². The largest absolute Gasteiger partial charge is 0.493 e. The zero-order valence-electron chi connectivity index (χ0n) is 16.5. The van der Waals surface area contributed by atoms with Crippen LogP contribution in [0, 0.1) is 5.82 Å². The van der Waals surface area contributed by atoms with Crippen molar-refractivity contribution >= 4 is 29.5 Å². The van der Waals surface area contributed by atoms with Gasteiger partial charge in [0.25, 0.3) is 0 Å². The van der Waals surface area contributed by atoms with Crippen molar-refractivity contribution in [1.29, 1.82) is 0 Å². The first-order chi connectivity index (χ1) is 15.0. The summed E-state index contributed by atoms with van der Waals surface area (Å²) in [5, 5.41) is 0.298. The van der Waals surface area contributed by atoms with Crippen LogP contribution in [-0.2, 0) is 16.1 Å². The average Bonchev–Trinajstić information content (AvgIpc) is 3.14. The molecule has 0 amide bonds. The van der Waals surface area contributed by atoms with Gasteiger partial charge >= 0.3 is 5.97 Å². The maximum atomic E-state index is 13.1. The van der Waals surface area contributed by atoms with E-state index in [4.69, 9.17) is 25.8 Å². The Morgan fingerprint density at radius 2 is 1.84 bits per heavy atom. The van der Waals surface area contributed by atoms with Gasteiger partial charge in [-0.15, -0.1) is 0 Å². The lowest BCUT2D eigenvalue weighted by Crippen LogP contribution is -2.05. The molecule has 156 valence electrons. The summed E-state index contributed by atoms with van der Waals surface area (Å²) in [7, 11) is 1.49. The van der Waals surface area contributed by atoms with Crippen LogP contribution in [0.1, 0.15) is 16.7 Å². The number of benzene rings is 3. The Bertz CT molecular complexity index is 1170. The Balaban J connectivity index is 1.58. The second-order valence-electron chi connectivity index (χ2n) is 6.65. The predicted octanol–water partition coefficient (Wildman–Crippen LogP) is 5.41. The molecule has 1 aliphatic heterocycles. The molecule has 0 saturated heterocycles. The van der Waals surface area contributed by atoms with Gasteiger partial charge in [-0.05, 0) is 53.6 Å². The molecule has 0 fully saturated rings. The van der Waals surface area contributed by atoms with Gasteiger partial charge in [-0.2, -0.15) is 0 Å². The molecule has 0 unspecified atom stereocenters. The van der Waals surface area contributed by atoms with Crippen molar-refractivity contribution in [3.8, 4) is 11.5 Å². The quantitative estimate of drug-likeness (QED) is 0.382. The molecule has 4 rings (SSSR count). The van der Waals surface area contributed by atoms with Crippen LogP contribution in [0.4, 0.5) is 4.39 Å². The summed E-state index contributed by atoms with van der Waals surface area (Å²) in [5.74, 6) is 0.109. The van der Waals surface area contributed by atoms with Gasteiger partial charge in [0.05, 0.1) is 12.1 Å². The van der Waals surface area contributed by atoms with E-state index in [-0.39, 0.29) is 24.0 Å². The van der Waals surface area contributed by atoms with Crippen LogP contribution in [0.15, 0.2) is 77.4 Å². The van der Waals surface area contributed by atoms with Gasteiger partial charge in [-0.25, -0.2) is 14.2 Å². The summed E-state index contributed by atoms with van der Waals surface area (Å²) in [6.07, 6.45) is 1.57. The molecule has 0 aliphatic carbocycles. The molecule has 0 bridgehead atoms. The van der Waals surface area contributed by atoms with Gasteiger partial charge in [0.1, 0.15) is 12.4 Å². The van der Waals surface area contributed by atoms with Crippen LogP contribution in [0.25, 0.3) is 6.08 Å². The van der Waals surface area contributed by atoms with Crippen molar-refractivity contribution in [3.05, 3.63) is 100.0 Å². The summed E-state index contributed by atoms with van der Waals surface area (Å²) in [5.41, 5.74) is 2.24. The minimum atomic E-state index is -0.550. The van der Waals surface area contributed by atoms with Crippen molar-refractivity contribution in [2.45, 2.75) is 6.61 Å². The Labute approximate surface area is 183 Å². The van der Waals surface area contributed by atoms with Gasteiger partial charge in [0.15, 0.2) is 17.2 Å². The molecule has 0 saturated carbocycles. The predicted molar refractivity (Wildman–Crippen MR) is 116 cm³/mol. The number of carbonyl (C=O) groups is 1. The van der Waals surface area contributed by atoms with Crippen LogP contribution in [0.5, 0.6) is 11.5 Å². The van der Waals surface area contributed by atoms with E-state index in [0.29, 0.717) is 27.6 Å². The topological polar surface area (TPSA) is 57.1 Å². The van der Waals surface area contributed by atoms with E-state index in [0.717, 1.165) is 5.56 Å². The van der Waals surface area contributed by atoms with Crippen LogP contribution >= 0.6 is 11.6 Å². The minimum Gasteiger partial charge on any atom is -0.493 e. The number of nitrogens with zero attached hydrogens (tertiary/aromatic N) is 1. The number of methoxy groups -OCH3 is 1. The number of esters is 1. The Morgan fingerprint density at radius 1 is 1.10 bits per heavy atom. The maximum absolute atomic E-state index is 13.1. The van der Waals surface area contributed by atoms with Crippen LogP contribution in [0.2, 0.25) is 5.02 Å². The number of carbonyl (C=O) groups excluding carboxylic acids is 1. The van der Waals surface area contributed by atoms with Crippen molar-refractivity contribution < 1.29 is 23.4 Å². The molecule has 0 aromatic heterocycles. The van der Waals surface area contributed by atoms with E-state index in [1.165, 1.54) is 19.2 Å². The summed E-state index contributed by atoms with van der Waals surface area (Å²) < 4.78 is 29.5. The molecular formula is C24H17ClFNO4. The Morgan fingerprint density at radius 3 is 2.55 bits per heavy atom. The number of cyclic esters (lactones) is 1. The molecule has 1 aliphatic rings. The van der Waals surface area contributed by atoms with E-state index >= 15 is 0 Å². The fourth-order valence-corrected chi connectivity index (χ4v) is 3.24. The number of aliphatic imine (C=N–C) groups is 1. The van der Waals surface area contributed by atoms with Gasteiger partial charge in [0, 0.05) is 5.56 Å². The third-order valence-electron chi connectivity index (χ3n) is 4.49. The highest BCUT2D eigenvalue weighted by Crippen LogP contribution is 2.38. The molecule has 1 heterocycles. The summed E-state index contributed by atoms with van der Waals surface area (Å²) in [6, 6.07) is 18.4. The summed E-state index contributed by atoms with van der Waals surface area (Å²) >= 11 is 6.40. The lowest BCUT2D eigenvalue weighted by atomic mass is 10.1. The van der Waals surface area contributed by atoms with Gasteiger partial charge in [0.2, 0.25) is 5.90 Å². The van der Waals surface area contributed by atoms with Crippen molar-refractivity contribution in [2.24, 2.45) is 4.99 Å². The standard InChI is InChI=1S/C24H17ClFNO4/c1-29-21-13-16(11-19(25)22(21)30-14-15-7-9-18(26)10-8-15)12-20-24(28)31-23(27-20)17-5-3-2-4-6-17/h2-13H,14H2,1H3/b20-12-. The normalized spacial score (nSPS) is 14.4. The molecule has 0 atom stereocenters. The van der Waals surface area contributed by atoms with Crippen molar-refractivity contribution in [1.82, 2.24) is 0 Å². The second kappa shape index (κ2) is 9.02. The van der Waals surface area contributed by atoms with Crippen LogP contribution in [0.3, 0.4) is 0 Å². The first-order valence-electron chi connectivity index (χ1n) is 9.36. The zero-order valence-corrected chi connectivity index (χ0v) is 17.2. The molecule has 0 radical (unpaired) electrons. The van der Waals surface area contributed by atoms with Crippen molar-refractivity contribution in [2.75, 3.05) is 7.11 Å². The fraction of sp³-hybridized carbons (Fsp3) is 0.0833. The lowest BCUT2D eigenvalue weighted by molar-refractivity contribution is -0.129. The highest BCUT2D eigenvalue weighted by atomic mass is 35.5. The van der Waals surface area contributed by atoms with Crippen molar-refractivity contribution in [3.63, 3.8) is 0 Å². The number of rotatable bonds is 6. The second-order valence-corrected chi connectivity index (χ2v) is 7.06. The molecule has 3 aromatic carbocycles. The maximum Gasteiger partial charge on any atom is 0.363 e. The van der Waals surface area contributed by atoms with Gasteiger partial charge < -0.3 is 14.2 Å². The summed E-state index contributed by atoms with van der Waals surface area (Å²) in [6.45, 7) is 0.188. The summed E-state index contributed by atoms with van der Waals surface area (Å²) in [4.78, 5) is 16.5. The average molecular weight is 438 g/mol. The fourth-order valence-electron chi connectivity index (χ4n) is 2.97. The SMILES string of the molecule is COc1cc(/C=C2\N=C(c3ccccc3)OC2=O)cc(Cl)c1OCc1ccc(F)cc1. The van der Waals surface area contributed by atoms with E-state index < -0.39 is 5.97 Å². The first-order valence-corrected chi connectivity index (χ1v) is 9.74. The smallest absolute Gasteiger partial charge is 0.363 e. The van der Waals surface area contributed by atoms with Gasteiger partial charge in [-0.3, -0.25) is 0 Å². The van der Waals surface area contributed by atoms with E-state index in [2.05, 4.69) is 4.99 Å². The molecular weight excluding hydrogens is 421 g/mol. The Kier molecular flexibility index (Phi) is 6.00. The highest BCUT2D eigenvalue weighted by molar-refractivity contribution is 6.32. The molecule has 0 spiro atoms. The Hall–Kier alpha value is -3.64. The van der Waals surface area contributed by atoms with E-state index in [9.17, 15) is 9.18 Å². The molecule has 5 nitrogen and oxygen atoms in total. The molecule has 31 heavy (non-hydrogen) atoms. The molecule has 7 heteroatoms. The third kappa shape index (κ3) is 4.75. The zero-order chi connectivity index (χ0) is 21.8. The van der Waals surface area contributed by atoms with E-state index in [1.54, 1.807) is 30.3 Å². The monoisotopic (exact) mass is 437 g/mol. The lowest BCUT2D eigenvalue weighted by Gasteiger charge is -2.13. The number of hydrogen-bond donors (Lipinski definition) is 0. The van der Waals surface area contributed by atoms with Crippen LogP contribution < -0.4 is 9.47 Å². The molecule has 0 N–H and O–H groups in total. The van der Waals surface area contributed by atoms with Gasteiger partial charge in [-0.1, -0.05) is 41.9 Å². The highest BCUT2D eigenvalue weighted by Gasteiger charge is 2.24.